The van der Waals surface area contributed by atoms with Crippen molar-refractivity contribution in [2.75, 3.05) is 18.8 Å². The second kappa shape index (κ2) is 5.17. The number of hydrogen-bond donors (Lipinski definition) is 1. The molecule has 1 aliphatic carbocycles. The van der Waals surface area contributed by atoms with E-state index in [2.05, 4.69) is 0 Å². The van der Waals surface area contributed by atoms with E-state index in [4.69, 9.17) is 0 Å². The van der Waals surface area contributed by atoms with E-state index in [-0.39, 0.29) is 18.2 Å². The Bertz CT molecular complexity index is 416. The molecule has 1 saturated carbocycles. The molecule has 18 heavy (non-hydrogen) atoms. The van der Waals surface area contributed by atoms with Gasteiger partial charge in [-0.2, -0.15) is 0 Å². The van der Waals surface area contributed by atoms with Gasteiger partial charge in [-0.3, -0.25) is 4.79 Å². The first-order valence-corrected chi connectivity index (χ1v) is 8.27. The highest BCUT2D eigenvalue weighted by Crippen LogP contribution is 2.44. The largest absolute Gasteiger partial charge is 0.481 e. The monoisotopic (exact) mass is 275 g/mol. The van der Waals surface area contributed by atoms with Gasteiger partial charge >= 0.3 is 5.97 Å². The molecule has 1 heterocycles. The Morgan fingerprint density at radius 2 is 2.00 bits per heavy atom. The Labute approximate surface area is 108 Å². The van der Waals surface area contributed by atoms with Crippen molar-refractivity contribution in [1.29, 1.82) is 0 Å². The van der Waals surface area contributed by atoms with Gasteiger partial charge in [-0.05, 0) is 31.1 Å². The van der Waals surface area contributed by atoms with E-state index in [1.54, 1.807) is 0 Å². The fourth-order valence-corrected chi connectivity index (χ4v) is 4.44. The average Bonchev–Trinajstić information content (AvgIpc) is 3.04. The number of sulfonamides is 1. The van der Waals surface area contributed by atoms with Gasteiger partial charge in [0.1, 0.15) is 0 Å². The molecule has 5 nitrogen and oxygen atoms in total. The molecule has 0 spiro atoms. The summed E-state index contributed by atoms with van der Waals surface area (Å²) in [6.45, 7) is 2.53. The smallest absolute Gasteiger partial charge is 0.308 e. The lowest BCUT2D eigenvalue weighted by atomic mass is 9.92. The Kier molecular flexibility index (Phi) is 3.96. The Hall–Kier alpha value is -0.620. The van der Waals surface area contributed by atoms with Crippen LogP contribution in [0, 0.1) is 17.8 Å². The van der Waals surface area contributed by atoms with E-state index < -0.39 is 21.9 Å². The van der Waals surface area contributed by atoms with Gasteiger partial charge in [-0.25, -0.2) is 12.7 Å². The fraction of sp³-hybridized carbons (Fsp3) is 0.917. The molecule has 2 atom stereocenters. The molecule has 2 rings (SSSR count). The number of carbonyl (C=O) groups is 1. The zero-order valence-corrected chi connectivity index (χ0v) is 11.5. The van der Waals surface area contributed by atoms with Crippen molar-refractivity contribution in [3.05, 3.63) is 0 Å². The van der Waals surface area contributed by atoms with Crippen molar-refractivity contribution in [3.63, 3.8) is 0 Å². The first kappa shape index (κ1) is 13.8. The molecular formula is C12H21NO4S. The molecule has 0 aromatic heterocycles. The Morgan fingerprint density at radius 1 is 1.33 bits per heavy atom. The van der Waals surface area contributed by atoms with Crippen LogP contribution in [0.2, 0.25) is 0 Å². The molecular weight excluding hydrogens is 254 g/mol. The molecule has 2 fully saturated rings. The number of carboxylic acids is 1. The summed E-state index contributed by atoms with van der Waals surface area (Å²) in [6, 6.07) is 0. The second-order valence-corrected chi connectivity index (χ2v) is 7.52. The molecule has 0 aromatic rings. The van der Waals surface area contributed by atoms with Crippen LogP contribution in [0.25, 0.3) is 0 Å². The average molecular weight is 275 g/mol. The Morgan fingerprint density at radius 3 is 2.50 bits per heavy atom. The zero-order chi connectivity index (χ0) is 13.3. The normalized spacial score (nSPS) is 29.6. The first-order chi connectivity index (χ1) is 8.45. The van der Waals surface area contributed by atoms with Gasteiger partial charge in [0, 0.05) is 13.1 Å². The summed E-state index contributed by atoms with van der Waals surface area (Å²) in [4.78, 5) is 11.2. The van der Waals surface area contributed by atoms with Crippen molar-refractivity contribution in [2.45, 2.75) is 32.6 Å². The van der Waals surface area contributed by atoms with Gasteiger partial charge in [-0.15, -0.1) is 0 Å². The lowest BCUT2D eigenvalue weighted by Crippen LogP contribution is -2.32. The second-order valence-electron chi connectivity index (χ2n) is 5.43. The summed E-state index contributed by atoms with van der Waals surface area (Å²) in [5.41, 5.74) is 0. The summed E-state index contributed by atoms with van der Waals surface area (Å²) < 4.78 is 25.6. The van der Waals surface area contributed by atoms with Crippen LogP contribution in [0.15, 0.2) is 0 Å². The molecule has 2 unspecified atom stereocenters. The molecule has 0 aromatic carbocycles. The number of hydrogen-bond acceptors (Lipinski definition) is 3. The Balaban J connectivity index is 2.05. The molecule has 1 N–H and O–H groups in total. The number of rotatable bonds is 6. The molecule has 1 aliphatic heterocycles. The van der Waals surface area contributed by atoms with E-state index in [9.17, 15) is 18.3 Å². The van der Waals surface area contributed by atoms with Crippen LogP contribution in [-0.4, -0.2) is 42.6 Å². The van der Waals surface area contributed by atoms with Gasteiger partial charge in [0.25, 0.3) is 0 Å². The van der Waals surface area contributed by atoms with Crippen molar-refractivity contribution < 1.29 is 18.3 Å². The van der Waals surface area contributed by atoms with Gasteiger partial charge in [0.2, 0.25) is 10.0 Å². The molecule has 0 amide bonds. The summed E-state index contributed by atoms with van der Waals surface area (Å²) >= 11 is 0. The summed E-state index contributed by atoms with van der Waals surface area (Å²) in [7, 11) is -3.26. The maximum Gasteiger partial charge on any atom is 0.308 e. The minimum Gasteiger partial charge on any atom is -0.481 e. The van der Waals surface area contributed by atoms with Crippen molar-refractivity contribution in [2.24, 2.45) is 17.8 Å². The van der Waals surface area contributed by atoms with Gasteiger partial charge < -0.3 is 5.11 Å². The van der Waals surface area contributed by atoms with Gasteiger partial charge in [0.15, 0.2) is 0 Å². The number of nitrogens with zero attached hydrogens (tertiary/aromatic N) is 1. The van der Waals surface area contributed by atoms with E-state index in [0.717, 1.165) is 19.3 Å². The minimum atomic E-state index is -3.26. The van der Waals surface area contributed by atoms with Crippen LogP contribution in [0.5, 0.6) is 0 Å². The number of unbranched alkanes of at least 4 members (excludes halogenated alkanes) is 1. The van der Waals surface area contributed by atoms with Crippen molar-refractivity contribution in [3.8, 4) is 0 Å². The fourth-order valence-electron chi connectivity index (χ4n) is 2.74. The van der Waals surface area contributed by atoms with Crippen LogP contribution in [-0.2, 0) is 14.8 Å². The molecule has 2 aliphatic rings. The summed E-state index contributed by atoms with van der Waals surface area (Å²) in [6.07, 6.45) is 3.58. The van der Waals surface area contributed by atoms with Crippen molar-refractivity contribution >= 4 is 16.0 Å². The first-order valence-electron chi connectivity index (χ1n) is 6.66. The van der Waals surface area contributed by atoms with Crippen LogP contribution in [0.1, 0.15) is 32.6 Å². The lowest BCUT2D eigenvalue weighted by Gasteiger charge is -2.15. The van der Waals surface area contributed by atoms with Gasteiger partial charge in [0.05, 0.1) is 11.7 Å². The van der Waals surface area contributed by atoms with Gasteiger partial charge in [-0.1, -0.05) is 13.3 Å². The quantitative estimate of drug-likeness (QED) is 0.789. The third-order valence-corrected chi connectivity index (χ3v) is 5.92. The van der Waals surface area contributed by atoms with E-state index in [1.165, 1.54) is 4.31 Å². The number of aliphatic carboxylic acids is 1. The molecule has 6 heteroatoms. The van der Waals surface area contributed by atoms with Crippen LogP contribution >= 0.6 is 0 Å². The molecule has 0 radical (unpaired) electrons. The SMILES string of the molecule is CCCCS(=O)(=O)N1CC(C(=O)O)C(C2CC2)C1. The van der Waals surface area contributed by atoms with E-state index in [1.807, 2.05) is 6.92 Å². The predicted molar refractivity (Wildman–Crippen MR) is 67.6 cm³/mol. The van der Waals surface area contributed by atoms with Crippen LogP contribution < -0.4 is 0 Å². The molecule has 1 saturated heterocycles. The highest BCUT2D eigenvalue weighted by Gasteiger charge is 2.48. The summed E-state index contributed by atoms with van der Waals surface area (Å²) in [5, 5.41) is 9.20. The molecule has 0 bridgehead atoms. The lowest BCUT2D eigenvalue weighted by molar-refractivity contribution is -0.142. The highest BCUT2D eigenvalue weighted by molar-refractivity contribution is 7.89. The summed E-state index contributed by atoms with van der Waals surface area (Å²) in [5.74, 6) is -0.752. The zero-order valence-electron chi connectivity index (χ0n) is 10.7. The third-order valence-electron chi connectivity index (χ3n) is 4.03. The number of carboxylic acid groups (broad SMARTS) is 1. The maximum absolute atomic E-state index is 12.1. The molecule has 104 valence electrons. The van der Waals surface area contributed by atoms with E-state index in [0.29, 0.717) is 18.9 Å². The highest BCUT2D eigenvalue weighted by atomic mass is 32.2. The topological polar surface area (TPSA) is 74.7 Å². The van der Waals surface area contributed by atoms with E-state index >= 15 is 0 Å². The van der Waals surface area contributed by atoms with Crippen LogP contribution in [0.3, 0.4) is 0 Å². The minimum absolute atomic E-state index is 0.0268. The van der Waals surface area contributed by atoms with Crippen molar-refractivity contribution in [1.82, 2.24) is 4.31 Å². The maximum atomic E-state index is 12.1. The standard InChI is InChI=1S/C12H21NO4S/c1-2-3-6-18(16,17)13-7-10(9-4-5-9)11(8-13)12(14)15/h9-11H,2-8H2,1H3,(H,14,15). The van der Waals surface area contributed by atoms with Crippen LogP contribution in [0.4, 0.5) is 0 Å². The third kappa shape index (κ3) is 2.85. The predicted octanol–water partition coefficient (Wildman–Crippen LogP) is 1.16.